The SMILES string of the molecule is CC1(C)C(/C=C/C2=C(Oc3ccc(OCCCCNCC4OC(O)C(N)C(O)C4O)cc3)C(=C/C=C3/N(CCCCS(=O)(=O)O)c4ccccc4C3(C)C)/CCC2)=[N+](CCCCS(=O)(=O)O)c2ccccc21. The maximum atomic E-state index is 11.6. The third-order valence-electron chi connectivity index (χ3n) is 14.2. The van der Waals surface area contributed by atoms with Gasteiger partial charge in [-0.25, -0.2) is 0 Å². The zero-order valence-corrected chi connectivity index (χ0v) is 43.5. The summed E-state index contributed by atoms with van der Waals surface area (Å²) in [6.07, 6.45) is 9.69. The fraction of sp³-hybridized carbons (Fsp3) is 0.500. The van der Waals surface area contributed by atoms with Crippen LogP contribution < -0.4 is 25.4 Å². The summed E-state index contributed by atoms with van der Waals surface area (Å²) in [5, 5.41) is 33.5. The van der Waals surface area contributed by atoms with Gasteiger partial charge in [0, 0.05) is 54.0 Å². The van der Waals surface area contributed by atoms with Crippen LogP contribution in [0.3, 0.4) is 0 Å². The predicted molar refractivity (Wildman–Crippen MR) is 279 cm³/mol. The number of nitrogens with two attached hydrogens (primary N) is 1. The maximum absolute atomic E-state index is 11.6. The molecular formula is C54H73N4O12S2+. The smallest absolute Gasteiger partial charge is 0.264 e. The molecule has 1 saturated heterocycles. The van der Waals surface area contributed by atoms with Crippen LogP contribution in [0.15, 0.2) is 120 Å². The van der Waals surface area contributed by atoms with Gasteiger partial charge in [-0.15, -0.1) is 0 Å². The summed E-state index contributed by atoms with van der Waals surface area (Å²) in [5.74, 6) is 1.47. The van der Waals surface area contributed by atoms with Gasteiger partial charge in [0.05, 0.1) is 29.6 Å². The van der Waals surface area contributed by atoms with E-state index in [0.717, 1.165) is 71.8 Å². The molecule has 5 atom stereocenters. The Balaban J connectivity index is 1.13. The number of aliphatic hydroxyl groups excluding tert-OH is 3. The molecule has 3 aliphatic heterocycles. The highest BCUT2D eigenvalue weighted by molar-refractivity contribution is 7.86. The lowest BCUT2D eigenvalue weighted by molar-refractivity contribution is -0.438. The molecule has 0 aromatic heterocycles. The van der Waals surface area contributed by atoms with Crippen molar-refractivity contribution in [1.82, 2.24) is 5.32 Å². The highest BCUT2D eigenvalue weighted by Crippen LogP contribution is 2.48. The first-order chi connectivity index (χ1) is 34.2. The Hall–Kier alpha value is -4.73. The summed E-state index contributed by atoms with van der Waals surface area (Å²) in [6, 6.07) is 23.0. The second kappa shape index (κ2) is 23.6. The highest BCUT2D eigenvalue weighted by Gasteiger charge is 2.45. The summed E-state index contributed by atoms with van der Waals surface area (Å²) in [6.45, 7) is 11.2. The molecule has 0 amide bonds. The van der Waals surface area contributed by atoms with Crippen LogP contribution in [0.2, 0.25) is 0 Å². The summed E-state index contributed by atoms with van der Waals surface area (Å²) in [7, 11) is -8.15. The first-order valence-electron chi connectivity index (χ1n) is 25.1. The first kappa shape index (κ1) is 55.0. The van der Waals surface area contributed by atoms with Crippen LogP contribution in [0.5, 0.6) is 11.5 Å². The van der Waals surface area contributed by atoms with Crippen LogP contribution in [0.1, 0.15) is 96.6 Å². The predicted octanol–water partition coefficient (Wildman–Crippen LogP) is 6.60. The molecule has 4 aliphatic rings. The Bertz CT molecular complexity index is 2770. The number of benzene rings is 3. The number of rotatable bonds is 23. The van der Waals surface area contributed by atoms with Crippen molar-refractivity contribution >= 4 is 37.3 Å². The molecule has 0 spiro atoms. The van der Waals surface area contributed by atoms with Gasteiger partial charge in [-0.1, -0.05) is 56.3 Å². The molecule has 3 heterocycles. The third kappa shape index (κ3) is 13.5. The Kier molecular flexibility index (Phi) is 18.1. The first-order valence-corrected chi connectivity index (χ1v) is 28.3. The summed E-state index contributed by atoms with van der Waals surface area (Å²) >= 11 is 0. The summed E-state index contributed by atoms with van der Waals surface area (Å²) in [4.78, 5) is 2.26. The van der Waals surface area contributed by atoms with Crippen LogP contribution in [0.25, 0.3) is 0 Å². The second-order valence-electron chi connectivity index (χ2n) is 20.2. The van der Waals surface area contributed by atoms with Crippen molar-refractivity contribution in [3.05, 3.63) is 131 Å². The molecule has 16 nitrogen and oxygen atoms in total. The molecular weight excluding hydrogens is 961 g/mol. The van der Waals surface area contributed by atoms with Gasteiger partial charge < -0.3 is 45.5 Å². The van der Waals surface area contributed by atoms with Gasteiger partial charge in [-0.2, -0.15) is 21.4 Å². The average Bonchev–Trinajstić information content (AvgIpc) is 3.68. The average molecular weight is 1030 g/mol. The van der Waals surface area contributed by atoms with E-state index >= 15 is 0 Å². The number of ether oxygens (including phenoxy) is 3. The van der Waals surface area contributed by atoms with E-state index < -0.39 is 50.9 Å². The molecule has 72 heavy (non-hydrogen) atoms. The van der Waals surface area contributed by atoms with E-state index in [1.54, 1.807) is 0 Å². The van der Waals surface area contributed by atoms with Crippen molar-refractivity contribution in [2.45, 2.75) is 127 Å². The molecule has 7 rings (SSSR count). The molecule has 8 N–H and O–H groups in total. The number of para-hydroxylation sites is 2. The minimum atomic E-state index is -4.07. The van der Waals surface area contributed by atoms with Crippen LogP contribution in [0.4, 0.5) is 11.4 Å². The van der Waals surface area contributed by atoms with Crippen molar-refractivity contribution < 1.29 is 60.0 Å². The summed E-state index contributed by atoms with van der Waals surface area (Å²) < 4.78 is 85.8. The monoisotopic (exact) mass is 1030 g/mol. The lowest BCUT2D eigenvalue weighted by atomic mass is 9.81. The van der Waals surface area contributed by atoms with E-state index in [1.165, 1.54) is 11.1 Å². The van der Waals surface area contributed by atoms with E-state index in [1.807, 2.05) is 48.5 Å². The molecule has 5 unspecified atom stereocenters. The van der Waals surface area contributed by atoms with Crippen molar-refractivity contribution in [3.8, 4) is 11.5 Å². The van der Waals surface area contributed by atoms with Crippen LogP contribution in [0, 0.1) is 0 Å². The fourth-order valence-electron chi connectivity index (χ4n) is 10.2. The van der Waals surface area contributed by atoms with Crippen molar-refractivity contribution in [1.29, 1.82) is 0 Å². The molecule has 18 heteroatoms. The molecule has 3 aromatic rings. The standard InChI is InChI=1S/C54H72N4O12S2/c1-53(2)41-18-5-7-20-43(41)57(31-10-13-34-71(62,63)64)46(53)28-22-37-16-15-17-38(23-29-47-54(3,4)42-19-6-8-21-44(42)58(47)32-11-14-35-72(65,66)67)51(37)69-40-26-24-39(25-27-40)68-33-12-9-30-56-36-45-49(59)50(60)48(55)52(61)70-45/h5-8,18-29,45,48-50,52,56,59-61H,9-17,30-36,55H2,1-4H3,(H-,62,63,64,65,66,67)/p+1. The topological polar surface area (TPSA) is 241 Å². The van der Waals surface area contributed by atoms with Crippen LogP contribution >= 0.6 is 0 Å². The molecule has 0 saturated carbocycles. The molecule has 392 valence electrons. The molecule has 1 aliphatic carbocycles. The van der Waals surface area contributed by atoms with Gasteiger partial charge in [-0.3, -0.25) is 9.11 Å². The number of hydrogen-bond acceptors (Lipinski definition) is 13. The Labute approximate surface area is 425 Å². The number of nitrogens with zero attached hydrogens (tertiary/aromatic N) is 2. The minimum Gasteiger partial charge on any atom is -0.494 e. The summed E-state index contributed by atoms with van der Waals surface area (Å²) in [5.41, 5.74) is 13.6. The fourth-order valence-corrected chi connectivity index (χ4v) is 11.4. The van der Waals surface area contributed by atoms with E-state index in [2.05, 4.69) is 91.1 Å². The maximum Gasteiger partial charge on any atom is 0.264 e. The number of unbranched alkanes of at least 4 members (excludes halogenated alkanes) is 3. The quantitative estimate of drug-likeness (QED) is 0.0301. The van der Waals surface area contributed by atoms with Crippen molar-refractivity contribution in [3.63, 3.8) is 0 Å². The molecule has 0 radical (unpaired) electrons. The van der Waals surface area contributed by atoms with Crippen molar-refractivity contribution in [2.24, 2.45) is 5.73 Å². The van der Waals surface area contributed by atoms with E-state index in [4.69, 9.17) is 19.9 Å². The lowest BCUT2D eigenvalue weighted by Gasteiger charge is -2.39. The van der Waals surface area contributed by atoms with Crippen molar-refractivity contribution in [2.75, 3.05) is 49.2 Å². The normalized spacial score (nSPS) is 24.1. The molecule has 3 aromatic carbocycles. The third-order valence-corrected chi connectivity index (χ3v) is 15.8. The minimum absolute atomic E-state index is 0.241. The molecule has 0 bridgehead atoms. The number of aliphatic hydroxyl groups is 3. The number of anilines is 1. The van der Waals surface area contributed by atoms with Gasteiger partial charge in [0.2, 0.25) is 5.69 Å². The van der Waals surface area contributed by atoms with Gasteiger partial charge in [0.15, 0.2) is 12.0 Å². The van der Waals surface area contributed by atoms with Gasteiger partial charge in [0.1, 0.15) is 42.1 Å². The lowest BCUT2D eigenvalue weighted by Crippen LogP contribution is -2.62. The highest BCUT2D eigenvalue weighted by atomic mass is 32.2. The van der Waals surface area contributed by atoms with Gasteiger partial charge in [0.25, 0.3) is 20.2 Å². The number of hydrogen-bond donors (Lipinski definition) is 7. The number of nitrogens with one attached hydrogen (secondary N) is 1. The van der Waals surface area contributed by atoms with E-state index in [-0.39, 0.29) is 28.9 Å². The zero-order valence-electron chi connectivity index (χ0n) is 41.8. The van der Waals surface area contributed by atoms with Gasteiger partial charge >= 0.3 is 0 Å². The van der Waals surface area contributed by atoms with E-state index in [9.17, 15) is 41.3 Å². The van der Waals surface area contributed by atoms with E-state index in [0.29, 0.717) is 63.4 Å². The zero-order chi connectivity index (χ0) is 51.8. The second-order valence-corrected chi connectivity index (χ2v) is 23.3. The largest absolute Gasteiger partial charge is 0.494 e. The number of allylic oxidation sites excluding steroid dienone is 7. The van der Waals surface area contributed by atoms with Crippen LogP contribution in [-0.2, 0) is 35.8 Å². The Morgan fingerprint density at radius 3 is 2.17 bits per heavy atom. The van der Waals surface area contributed by atoms with Gasteiger partial charge in [-0.05, 0) is 131 Å². The molecule has 1 fully saturated rings. The Morgan fingerprint density at radius 2 is 1.44 bits per heavy atom. The van der Waals surface area contributed by atoms with Crippen LogP contribution in [-0.4, -0.2) is 126 Å². The Morgan fingerprint density at radius 1 is 0.778 bits per heavy atom. The number of fused-ring (bicyclic) bond motifs is 2.